The fourth-order valence-corrected chi connectivity index (χ4v) is 3.39. The van der Waals surface area contributed by atoms with E-state index in [1.165, 1.54) is 17.8 Å². The molecule has 0 aliphatic carbocycles. The lowest BCUT2D eigenvalue weighted by Crippen LogP contribution is -2.51. The van der Waals surface area contributed by atoms with Gasteiger partial charge < -0.3 is 30.5 Å². The van der Waals surface area contributed by atoms with Gasteiger partial charge in [-0.1, -0.05) is 0 Å². The lowest BCUT2D eigenvalue weighted by atomic mass is 9.98. The molecule has 2 saturated heterocycles. The Morgan fingerprint density at radius 1 is 1.44 bits per heavy atom. The number of nitrogens with one attached hydrogen (secondary N) is 2. The lowest BCUT2D eigenvalue weighted by molar-refractivity contribution is -0.0566. The van der Waals surface area contributed by atoms with Gasteiger partial charge in [0, 0.05) is 27.2 Å². The Bertz CT molecular complexity index is 839. The number of rotatable bonds is 5. The van der Waals surface area contributed by atoms with Crippen LogP contribution in [0.4, 0.5) is 16.2 Å². The van der Waals surface area contributed by atoms with Crippen molar-refractivity contribution in [2.75, 3.05) is 44.0 Å². The van der Waals surface area contributed by atoms with E-state index in [2.05, 4.69) is 25.6 Å². The molecule has 0 unspecified atom stereocenters. The predicted octanol–water partition coefficient (Wildman–Crippen LogP) is -0.745. The lowest BCUT2D eigenvalue weighted by Gasteiger charge is -2.28. The highest BCUT2D eigenvalue weighted by molar-refractivity contribution is 5.84. The normalized spacial score (nSPS) is 31.3. The quantitative estimate of drug-likeness (QED) is 0.530. The summed E-state index contributed by atoms with van der Waals surface area (Å²) < 4.78 is 22.3. The van der Waals surface area contributed by atoms with Crippen LogP contribution in [0.3, 0.4) is 0 Å². The summed E-state index contributed by atoms with van der Waals surface area (Å²) in [5.74, 6) is 1.00. The van der Waals surface area contributed by atoms with Gasteiger partial charge in [-0.15, -0.1) is 0 Å². The zero-order chi connectivity index (χ0) is 19.3. The van der Waals surface area contributed by atoms with Crippen LogP contribution in [0, 0.1) is 0 Å². The summed E-state index contributed by atoms with van der Waals surface area (Å²) in [5, 5.41) is 25.9. The summed E-state index contributed by atoms with van der Waals surface area (Å²) in [6, 6.07) is 0.226. The first-order valence-corrected chi connectivity index (χ1v) is 8.85. The zero-order valence-corrected chi connectivity index (χ0v) is 15.4. The van der Waals surface area contributed by atoms with Gasteiger partial charge in [-0.05, 0) is 6.92 Å². The monoisotopic (exact) mass is 381 g/mol. The van der Waals surface area contributed by atoms with Gasteiger partial charge in [0.1, 0.15) is 12.2 Å². The van der Waals surface area contributed by atoms with Crippen molar-refractivity contribution in [3.8, 4) is 0 Å². The molecule has 4 heterocycles. The highest BCUT2D eigenvalue weighted by Gasteiger charge is 2.55. The van der Waals surface area contributed by atoms with E-state index in [4.69, 9.17) is 4.74 Å². The van der Waals surface area contributed by atoms with E-state index in [9.17, 15) is 10.2 Å². The summed E-state index contributed by atoms with van der Waals surface area (Å²) in [6.45, 7) is 2.40. The molecule has 0 aromatic carbocycles. The van der Waals surface area contributed by atoms with E-state index in [1.807, 2.05) is 14.1 Å². The minimum absolute atomic E-state index is 0.226. The van der Waals surface area contributed by atoms with Gasteiger partial charge in [-0.25, -0.2) is 9.37 Å². The van der Waals surface area contributed by atoms with Crippen molar-refractivity contribution < 1.29 is 19.3 Å². The maximum atomic E-state index is 15.2. The second-order valence-corrected chi connectivity index (χ2v) is 7.39. The highest BCUT2D eigenvalue weighted by Crippen LogP contribution is 2.42. The fraction of sp³-hybridized carbons (Fsp3) is 0.688. The van der Waals surface area contributed by atoms with Gasteiger partial charge in [0.15, 0.2) is 28.9 Å². The number of aromatic nitrogens is 4. The second kappa shape index (κ2) is 6.51. The Kier molecular flexibility index (Phi) is 4.41. The number of hydrogen-bond donors (Lipinski definition) is 4. The maximum absolute atomic E-state index is 15.2. The zero-order valence-electron chi connectivity index (χ0n) is 15.4. The van der Waals surface area contributed by atoms with Gasteiger partial charge in [0.05, 0.1) is 19.0 Å². The Hall–Kier alpha value is -2.08. The standard InChI is InChI=1S/C16H24FN7O3/c1-16(17)11(26)9(6-25)27-14(16)24-7-19-10-12(23(2)3)21-15(22-13(10)24)20-8-4-18-5-8/h7-9,11,14,18,25-26H,4-6H2,1-3H3,(H,20,21,22)/t9-,11-,14-,16-/m1/s1. The van der Waals surface area contributed by atoms with Crippen molar-refractivity contribution in [3.05, 3.63) is 6.33 Å². The highest BCUT2D eigenvalue weighted by atomic mass is 19.1. The Labute approximate surface area is 155 Å². The van der Waals surface area contributed by atoms with Crippen LogP contribution in [0.5, 0.6) is 0 Å². The van der Waals surface area contributed by atoms with Gasteiger partial charge in [0.2, 0.25) is 5.95 Å². The van der Waals surface area contributed by atoms with Crippen molar-refractivity contribution in [2.45, 2.75) is 37.1 Å². The maximum Gasteiger partial charge on any atom is 0.227 e. The average molecular weight is 381 g/mol. The molecule has 148 valence electrons. The largest absolute Gasteiger partial charge is 0.394 e. The molecule has 0 radical (unpaired) electrons. The third-order valence-corrected chi connectivity index (χ3v) is 5.09. The Balaban J connectivity index is 1.79. The molecule has 0 saturated carbocycles. The van der Waals surface area contributed by atoms with Crippen LogP contribution < -0.4 is 15.5 Å². The number of aliphatic hydroxyl groups is 2. The molecule has 0 spiro atoms. The van der Waals surface area contributed by atoms with Gasteiger partial charge >= 0.3 is 0 Å². The predicted molar refractivity (Wildman–Crippen MR) is 96.4 cm³/mol. The molecule has 4 N–H and O–H groups in total. The molecule has 11 heteroatoms. The number of fused-ring (bicyclic) bond motifs is 1. The number of halogens is 1. The van der Waals surface area contributed by atoms with Crippen LogP contribution in [0.2, 0.25) is 0 Å². The third kappa shape index (κ3) is 2.90. The van der Waals surface area contributed by atoms with Gasteiger partial charge in [-0.2, -0.15) is 9.97 Å². The summed E-state index contributed by atoms with van der Waals surface area (Å²) in [6.07, 6.45) is -2.22. The number of anilines is 2. The Morgan fingerprint density at radius 2 is 2.19 bits per heavy atom. The molecule has 0 amide bonds. The van der Waals surface area contributed by atoms with Crippen LogP contribution in [0.1, 0.15) is 13.2 Å². The number of alkyl halides is 1. The number of hydrogen-bond acceptors (Lipinski definition) is 9. The topological polar surface area (TPSA) is 121 Å². The Morgan fingerprint density at radius 3 is 2.74 bits per heavy atom. The minimum atomic E-state index is -2.12. The fourth-order valence-electron chi connectivity index (χ4n) is 3.39. The van der Waals surface area contributed by atoms with Crippen LogP contribution in [-0.2, 0) is 4.74 Å². The summed E-state index contributed by atoms with van der Waals surface area (Å²) in [7, 11) is 3.68. The molecule has 10 nitrogen and oxygen atoms in total. The second-order valence-electron chi connectivity index (χ2n) is 7.39. The van der Waals surface area contributed by atoms with Crippen molar-refractivity contribution in [1.29, 1.82) is 0 Å². The SMILES string of the molecule is CN(C)c1nc(NC2CNC2)nc2c1ncn2[C@@H]1O[C@H](CO)[C@@H](O)[C@@]1(C)F. The van der Waals surface area contributed by atoms with Crippen LogP contribution >= 0.6 is 0 Å². The van der Waals surface area contributed by atoms with Gasteiger partial charge in [0.25, 0.3) is 0 Å². The smallest absolute Gasteiger partial charge is 0.227 e. The molecule has 27 heavy (non-hydrogen) atoms. The molecular formula is C16H24FN7O3. The van der Waals surface area contributed by atoms with Crippen molar-refractivity contribution >= 4 is 22.9 Å². The molecular weight excluding hydrogens is 357 g/mol. The first kappa shape index (κ1) is 18.3. The first-order valence-electron chi connectivity index (χ1n) is 8.85. The molecule has 2 aliphatic heterocycles. The van der Waals surface area contributed by atoms with E-state index in [1.54, 1.807) is 4.90 Å². The summed E-state index contributed by atoms with van der Waals surface area (Å²) in [5.41, 5.74) is -1.22. The van der Waals surface area contributed by atoms with Gasteiger partial charge in [-0.3, -0.25) is 4.57 Å². The van der Waals surface area contributed by atoms with Crippen LogP contribution in [0.15, 0.2) is 6.33 Å². The number of ether oxygens (including phenoxy) is 1. The number of nitrogens with zero attached hydrogens (tertiary/aromatic N) is 5. The molecule has 2 aromatic rings. The summed E-state index contributed by atoms with van der Waals surface area (Å²) >= 11 is 0. The molecule has 4 rings (SSSR count). The van der Waals surface area contributed by atoms with E-state index < -0.39 is 30.7 Å². The van der Waals surface area contributed by atoms with E-state index in [0.717, 1.165) is 13.1 Å². The number of imidazole rings is 1. The van der Waals surface area contributed by atoms with E-state index in [0.29, 0.717) is 22.9 Å². The molecule has 4 atom stereocenters. The van der Waals surface area contributed by atoms with Crippen molar-refractivity contribution in [1.82, 2.24) is 24.8 Å². The molecule has 2 aliphatic rings. The third-order valence-electron chi connectivity index (χ3n) is 5.09. The van der Waals surface area contributed by atoms with E-state index in [-0.39, 0.29) is 6.04 Å². The van der Waals surface area contributed by atoms with Crippen LogP contribution in [0.25, 0.3) is 11.2 Å². The molecule has 2 aromatic heterocycles. The molecule has 2 fully saturated rings. The summed E-state index contributed by atoms with van der Waals surface area (Å²) in [4.78, 5) is 15.2. The van der Waals surface area contributed by atoms with Crippen molar-refractivity contribution in [3.63, 3.8) is 0 Å². The minimum Gasteiger partial charge on any atom is -0.394 e. The first-order chi connectivity index (χ1) is 12.8. The van der Waals surface area contributed by atoms with E-state index >= 15 is 4.39 Å². The van der Waals surface area contributed by atoms with Crippen LogP contribution in [-0.4, -0.2) is 87.4 Å². The van der Waals surface area contributed by atoms with Crippen molar-refractivity contribution in [2.24, 2.45) is 0 Å². The average Bonchev–Trinajstić information content (AvgIpc) is 3.09. The number of aliphatic hydroxyl groups excluding tert-OH is 2. The molecule has 0 bridgehead atoms.